The number of aromatic nitrogens is 1. The minimum Gasteiger partial charge on any atom is -0.445 e. The first kappa shape index (κ1) is 25.7. The summed E-state index contributed by atoms with van der Waals surface area (Å²) in [6, 6.07) is 15.6. The van der Waals surface area contributed by atoms with Crippen molar-refractivity contribution >= 4 is 23.0 Å². The summed E-state index contributed by atoms with van der Waals surface area (Å²) in [5.74, 6) is -14.9. The summed E-state index contributed by atoms with van der Waals surface area (Å²) in [4.78, 5) is 28.7. The van der Waals surface area contributed by atoms with Gasteiger partial charge in [0.15, 0.2) is 0 Å². The Kier molecular flexibility index (Phi) is 7.14. The number of hydrogen-bond acceptors (Lipinski definition) is 4. The Morgan fingerprint density at radius 2 is 1.46 bits per heavy atom. The van der Waals surface area contributed by atoms with E-state index in [1.54, 1.807) is 60.8 Å². The molecule has 6 nitrogen and oxygen atoms in total. The summed E-state index contributed by atoms with van der Waals surface area (Å²) in [5.41, 5.74) is -0.227. The highest BCUT2D eigenvalue weighted by Crippen LogP contribution is 2.31. The van der Waals surface area contributed by atoms with Crippen molar-refractivity contribution in [3.63, 3.8) is 0 Å². The van der Waals surface area contributed by atoms with E-state index in [0.29, 0.717) is 22.0 Å². The number of hydrogen-bond donors (Lipinski definition) is 2. The van der Waals surface area contributed by atoms with Gasteiger partial charge in [-0.15, -0.1) is 0 Å². The number of para-hydroxylation sites is 1. The zero-order valence-electron chi connectivity index (χ0n) is 19.2. The molecule has 0 saturated heterocycles. The molecule has 2 N–H and O–H groups in total. The Balaban J connectivity index is 1.64. The first-order valence-corrected chi connectivity index (χ1v) is 10.9. The summed E-state index contributed by atoms with van der Waals surface area (Å²) >= 11 is 0. The lowest BCUT2D eigenvalue weighted by Gasteiger charge is -2.28. The predicted molar refractivity (Wildman–Crippen MR) is 122 cm³/mol. The fraction of sp³-hybridized carbons (Fsp3) is 0.154. The fourth-order valence-corrected chi connectivity index (χ4v) is 3.69. The van der Waals surface area contributed by atoms with Gasteiger partial charge < -0.3 is 19.8 Å². The van der Waals surface area contributed by atoms with E-state index in [2.05, 4.69) is 15.0 Å². The predicted octanol–water partition coefficient (Wildman–Crippen LogP) is 5.70. The normalized spacial score (nSPS) is 12.7. The second-order valence-electron chi connectivity index (χ2n) is 8.34. The average molecular weight is 518 g/mol. The smallest absolute Gasteiger partial charge is 0.408 e. The molecule has 192 valence electrons. The molecule has 4 aromatic rings. The maximum absolute atomic E-state index is 14.2. The van der Waals surface area contributed by atoms with Gasteiger partial charge in [-0.3, -0.25) is 0 Å². The van der Waals surface area contributed by atoms with Gasteiger partial charge in [0.25, 0.3) is 0 Å². The molecule has 1 atom stereocenters. The van der Waals surface area contributed by atoms with Crippen LogP contribution in [0.5, 0.6) is 5.75 Å². The highest BCUT2D eigenvalue weighted by atomic mass is 19.2. The van der Waals surface area contributed by atoms with Gasteiger partial charge in [-0.25, -0.2) is 22.8 Å². The SMILES string of the molecule is C[C@](Cc1c[nH]c2ccccc12)(NC(=O)OCc1ccccc1)C(=O)Oc1c(F)c(F)c(F)c(F)c1F. The van der Waals surface area contributed by atoms with Crippen molar-refractivity contribution in [2.75, 3.05) is 0 Å². The summed E-state index contributed by atoms with van der Waals surface area (Å²) in [7, 11) is 0. The summed E-state index contributed by atoms with van der Waals surface area (Å²) in [5, 5.41) is 2.97. The molecule has 4 rings (SSSR count). The van der Waals surface area contributed by atoms with Crippen molar-refractivity contribution in [2.45, 2.75) is 25.5 Å². The van der Waals surface area contributed by atoms with E-state index in [4.69, 9.17) is 4.74 Å². The van der Waals surface area contributed by atoms with Gasteiger partial charge in [0.05, 0.1) is 0 Å². The van der Waals surface area contributed by atoms with E-state index < -0.39 is 52.4 Å². The van der Waals surface area contributed by atoms with Crippen LogP contribution in [0.15, 0.2) is 60.8 Å². The number of benzene rings is 3. The van der Waals surface area contributed by atoms with Crippen molar-refractivity contribution in [3.05, 3.63) is 101 Å². The van der Waals surface area contributed by atoms with E-state index in [1.165, 1.54) is 6.92 Å². The first-order valence-electron chi connectivity index (χ1n) is 10.9. The third kappa shape index (κ3) is 5.25. The molecule has 0 aliphatic rings. The first-order chi connectivity index (χ1) is 17.6. The lowest BCUT2D eigenvalue weighted by Crippen LogP contribution is -2.55. The van der Waals surface area contributed by atoms with E-state index >= 15 is 0 Å². The number of carbonyl (C=O) groups is 2. The second kappa shape index (κ2) is 10.3. The molecule has 0 unspecified atom stereocenters. The second-order valence-corrected chi connectivity index (χ2v) is 8.34. The number of aromatic amines is 1. The lowest BCUT2D eigenvalue weighted by atomic mass is 9.92. The minimum atomic E-state index is -2.40. The molecule has 0 spiro atoms. The van der Waals surface area contributed by atoms with Gasteiger partial charge in [0.1, 0.15) is 12.1 Å². The number of amides is 1. The van der Waals surface area contributed by atoms with E-state index in [9.17, 15) is 31.5 Å². The Morgan fingerprint density at radius 1 is 0.865 bits per heavy atom. The molecule has 3 aromatic carbocycles. The van der Waals surface area contributed by atoms with Gasteiger partial charge >= 0.3 is 12.1 Å². The van der Waals surface area contributed by atoms with Crippen molar-refractivity contribution in [2.24, 2.45) is 0 Å². The van der Waals surface area contributed by atoms with Crippen LogP contribution in [-0.2, 0) is 22.6 Å². The molecule has 0 bridgehead atoms. The van der Waals surface area contributed by atoms with Crippen molar-refractivity contribution in [1.82, 2.24) is 10.3 Å². The number of fused-ring (bicyclic) bond motifs is 1. The molecule has 0 fully saturated rings. The van der Waals surface area contributed by atoms with Crippen LogP contribution in [0.25, 0.3) is 10.9 Å². The molecule has 0 aliphatic carbocycles. The van der Waals surface area contributed by atoms with Crippen LogP contribution < -0.4 is 10.1 Å². The van der Waals surface area contributed by atoms with Gasteiger partial charge in [0, 0.05) is 23.5 Å². The maximum atomic E-state index is 14.2. The minimum absolute atomic E-state index is 0.164. The summed E-state index contributed by atoms with van der Waals surface area (Å²) < 4.78 is 78.9. The zero-order chi connectivity index (χ0) is 26.7. The molecule has 1 amide bonds. The average Bonchev–Trinajstić information content (AvgIpc) is 3.30. The standard InChI is InChI=1S/C26H19F5N2O4/c1-26(11-15-12-32-17-10-6-5-9-16(15)17,33-25(35)36-13-14-7-3-2-4-8-14)24(34)37-23-21(30)19(28)18(27)20(29)22(23)31/h2-10,12,32H,11,13H2,1H3,(H,33,35)/t26-/m1/s1. The molecule has 0 aliphatic heterocycles. The van der Waals surface area contributed by atoms with Crippen molar-refractivity contribution in [1.29, 1.82) is 0 Å². The number of ether oxygens (including phenoxy) is 2. The number of nitrogens with one attached hydrogen (secondary N) is 2. The zero-order valence-corrected chi connectivity index (χ0v) is 19.2. The quantitative estimate of drug-likeness (QED) is 0.108. The number of H-pyrrole nitrogens is 1. The van der Waals surface area contributed by atoms with E-state index in [0.717, 1.165) is 0 Å². The van der Waals surface area contributed by atoms with Gasteiger partial charge in [-0.05, 0) is 24.1 Å². The molecule has 1 aromatic heterocycles. The van der Waals surface area contributed by atoms with Crippen LogP contribution in [0.3, 0.4) is 0 Å². The van der Waals surface area contributed by atoms with Crippen LogP contribution >= 0.6 is 0 Å². The number of alkyl carbamates (subject to hydrolysis) is 1. The van der Waals surface area contributed by atoms with Crippen LogP contribution in [0, 0.1) is 29.1 Å². The molecule has 0 radical (unpaired) electrons. The van der Waals surface area contributed by atoms with Crippen molar-refractivity contribution < 1.29 is 41.0 Å². The Labute approximate surface area is 207 Å². The monoisotopic (exact) mass is 518 g/mol. The third-order valence-corrected chi connectivity index (χ3v) is 5.62. The number of esters is 1. The highest BCUT2D eigenvalue weighted by molar-refractivity contribution is 5.89. The van der Waals surface area contributed by atoms with Crippen LogP contribution in [0.1, 0.15) is 18.1 Å². The highest BCUT2D eigenvalue weighted by Gasteiger charge is 2.40. The van der Waals surface area contributed by atoms with E-state index in [-0.39, 0.29) is 13.0 Å². The Morgan fingerprint density at radius 3 is 2.14 bits per heavy atom. The Hall–Kier alpha value is -4.41. The summed E-state index contributed by atoms with van der Waals surface area (Å²) in [6.45, 7) is 1.01. The lowest BCUT2D eigenvalue weighted by molar-refractivity contribution is -0.141. The molecule has 11 heteroatoms. The van der Waals surface area contributed by atoms with Gasteiger partial charge in [-0.1, -0.05) is 48.5 Å². The van der Waals surface area contributed by atoms with Gasteiger partial charge in [-0.2, -0.15) is 8.78 Å². The van der Waals surface area contributed by atoms with Crippen LogP contribution in [0.4, 0.5) is 26.7 Å². The molecule has 1 heterocycles. The summed E-state index contributed by atoms with van der Waals surface area (Å²) in [6.07, 6.45) is 0.178. The number of carbonyl (C=O) groups excluding carboxylic acids is 2. The van der Waals surface area contributed by atoms with E-state index in [1.807, 2.05) is 0 Å². The molecular weight excluding hydrogens is 499 g/mol. The van der Waals surface area contributed by atoms with Crippen LogP contribution in [-0.4, -0.2) is 22.6 Å². The van der Waals surface area contributed by atoms with Crippen molar-refractivity contribution in [3.8, 4) is 5.75 Å². The van der Waals surface area contributed by atoms with Crippen LogP contribution in [0.2, 0.25) is 0 Å². The maximum Gasteiger partial charge on any atom is 0.408 e. The molecule has 37 heavy (non-hydrogen) atoms. The molecule has 0 saturated carbocycles. The number of rotatable bonds is 7. The Bertz CT molecular complexity index is 1450. The number of halogens is 5. The fourth-order valence-electron chi connectivity index (χ4n) is 3.69. The molecular formula is C26H19F5N2O4. The van der Waals surface area contributed by atoms with Gasteiger partial charge in [0.2, 0.25) is 34.8 Å². The largest absolute Gasteiger partial charge is 0.445 e. The topological polar surface area (TPSA) is 80.4 Å². The third-order valence-electron chi connectivity index (χ3n) is 5.62.